The Morgan fingerprint density at radius 3 is 2.24 bits per heavy atom. The maximum atomic E-state index is 13.4. The molecular weight excluding hydrogens is 438 g/mol. The Labute approximate surface area is 198 Å². The molecule has 180 valence electrons. The minimum Gasteiger partial charge on any atom is -0.375 e. The van der Waals surface area contributed by atoms with Crippen LogP contribution in [0.5, 0.6) is 0 Å². The van der Waals surface area contributed by atoms with E-state index in [0.29, 0.717) is 42.6 Å². The van der Waals surface area contributed by atoms with Gasteiger partial charge in [0.25, 0.3) is 5.91 Å². The third-order valence-electron chi connectivity index (χ3n) is 8.01. The Bertz CT molecular complexity index is 1040. The van der Waals surface area contributed by atoms with Gasteiger partial charge < -0.3 is 15.3 Å². The van der Waals surface area contributed by atoms with Crippen molar-refractivity contribution < 1.29 is 23.5 Å². The molecule has 2 unspecified atom stereocenters. The molecule has 1 aliphatic heterocycles. The van der Waals surface area contributed by atoms with E-state index in [1.165, 1.54) is 12.1 Å². The number of nitrogens with one attached hydrogen (secondary N) is 1. The van der Waals surface area contributed by atoms with Gasteiger partial charge in [-0.1, -0.05) is 43.2 Å². The Kier molecular flexibility index (Phi) is 6.15. The van der Waals surface area contributed by atoms with E-state index in [1.54, 1.807) is 4.90 Å². The van der Waals surface area contributed by atoms with E-state index in [0.717, 1.165) is 31.7 Å². The van der Waals surface area contributed by atoms with Crippen molar-refractivity contribution in [2.45, 2.75) is 37.7 Å². The lowest BCUT2D eigenvalue weighted by molar-refractivity contribution is -0.147. The van der Waals surface area contributed by atoms with Crippen molar-refractivity contribution in [3.63, 3.8) is 0 Å². The molecule has 2 amide bonds. The van der Waals surface area contributed by atoms with Crippen molar-refractivity contribution >= 4 is 11.8 Å². The highest BCUT2D eigenvalue weighted by Crippen LogP contribution is 2.51. The molecule has 0 radical (unpaired) electrons. The van der Waals surface area contributed by atoms with E-state index < -0.39 is 17.2 Å². The molecule has 2 saturated carbocycles. The lowest BCUT2D eigenvalue weighted by Gasteiger charge is -2.33. The first kappa shape index (κ1) is 23.0. The van der Waals surface area contributed by atoms with Gasteiger partial charge in [0, 0.05) is 31.6 Å². The van der Waals surface area contributed by atoms with Gasteiger partial charge >= 0.3 is 0 Å². The second kappa shape index (κ2) is 9.10. The maximum Gasteiger partial charge on any atom is 0.256 e. The van der Waals surface area contributed by atoms with Crippen LogP contribution in [0, 0.1) is 35.3 Å². The summed E-state index contributed by atoms with van der Waals surface area (Å²) < 4.78 is 26.8. The van der Waals surface area contributed by atoms with Crippen LogP contribution in [0.25, 0.3) is 0 Å². The lowest BCUT2D eigenvalue weighted by Crippen LogP contribution is -2.49. The molecule has 2 aliphatic carbocycles. The highest BCUT2D eigenvalue weighted by Gasteiger charge is 2.56. The molecule has 2 aromatic rings. The highest BCUT2D eigenvalue weighted by atomic mass is 19.1. The topological polar surface area (TPSA) is 69.6 Å². The predicted octanol–water partition coefficient (Wildman–Crippen LogP) is 3.41. The first-order valence-electron chi connectivity index (χ1n) is 12.1. The molecule has 3 fully saturated rings. The second-order valence-electron chi connectivity index (χ2n) is 10.1. The van der Waals surface area contributed by atoms with E-state index in [2.05, 4.69) is 5.32 Å². The summed E-state index contributed by atoms with van der Waals surface area (Å²) >= 11 is 0. The van der Waals surface area contributed by atoms with Crippen LogP contribution in [0.3, 0.4) is 0 Å². The number of nitrogens with zero attached hydrogens (tertiary/aromatic N) is 1. The van der Waals surface area contributed by atoms with Gasteiger partial charge in [0.05, 0.1) is 6.42 Å². The van der Waals surface area contributed by atoms with Gasteiger partial charge in [0.2, 0.25) is 5.91 Å². The zero-order valence-corrected chi connectivity index (χ0v) is 19.1. The largest absolute Gasteiger partial charge is 0.375 e. The molecule has 5 rings (SSSR count). The average molecular weight is 469 g/mol. The normalized spacial score (nSPS) is 25.6. The SMILES string of the molecule is O=C(Cc1cc(F)cc(F)c1)N1CC2[C@H](CNC(=O)C(O)(c3ccccc3)C3CCCC3)[C@H]2C1. The third-order valence-corrected chi connectivity index (χ3v) is 8.01. The summed E-state index contributed by atoms with van der Waals surface area (Å²) in [7, 11) is 0. The predicted molar refractivity (Wildman–Crippen MR) is 122 cm³/mol. The average Bonchev–Trinajstić information content (AvgIpc) is 3.22. The number of benzene rings is 2. The number of hydrogen-bond acceptors (Lipinski definition) is 3. The Balaban J connectivity index is 1.15. The van der Waals surface area contributed by atoms with Crippen LogP contribution in [-0.2, 0) is 21.6 Å². The fraction of sp³-hybridized carbons (Fsp3) is 0.481. The van der Waals surface area contributed by atoms with Gasteiger partial charge in [0.1, 0.15) is 11.6 Å². The monoisotopic (exact) mass is 468 g/mol. The molecule has 3 aliphatic rings. The molecular formula is C27H30F2N2O3. The van der Waals surface area contributed by atoms with Crippen molar-refractivity contribution in [1.29, 1.82) is 0 Å². The van der Waals surface area contributed by atoms with Crippen LogP contribution in [0.2, 0.25) is 0 Å². The summed E-state index contributed by atoms with van der Waals surface area (Å²) in [6.45, 7) is 1.66. The molecule has 0 bridgehead atoms. The summed E-state index contributed by atoms with van der Waals surface area (Å²) in [5.74, 6) is -1.03. The number of carbonyl (C=O) groups excluding carboxylic acids is 2. The molecule has 5 nitrogen and oxygen atoms in total. The number of amides is 2. The molecule has 4 atom stereocenters. The number of likely N-dealkylation sites (tertiary alicyclic amines) is 1. The van der Waals surface area contributed by atoms with Crippen molar-refractivity contribution in [2.75, 3.05) is 19.6 Å². The van der Waals surface area contributed by atoms with E-state index in [-0.39, 0.29) is 30.1 Å². The molecule has 0 spiro atoms. The number of piperidine rings is 1. The Morgan fingerprint density at radius 1 is 1.00 bits per heavy atom. The van der Waals surface area contributed by atoms with Crippen molar-refractivity contribution in [3.05, 3.63) is 71.3 Å². The zero-order valence-electron chi connectivity index (χ0n) is 19.1. The van der Waals surface area contributed by atoms with Gasteiger partial charge in [-0.3, -0.25) is 9.59 Å². The minimum atomic E-state index is -1.52. The summed E-state index contributed by atoms with van der Waals surface area (Å²) in [6, 6.07) is 12.4. The van der Waals surface area contributed by atoms with Crippen LogP contribution in [0.15, 0.2) is 48.5 Å². The quantitative estimate of drug-likeness (QED) is 0.655. The lowest BCUT2D eigenvalue weighted by atomic mass is 9.79. The number of aliphatic hydroxyl groups is 1. The summed E-state index contributed by atoms with van der Waals surface area (Å²) in [4.78, 5) is 27.6. The molecule has 1 saturated heterocycles. The minimum absolute atomic E-state index is 0.0268. The Hall–Kier alpha value is -2.80. The van der Waals surface area contributed by atoms with Crippen LogP contribution in [0.4, 0.5) is 8.78 Å². The zero-order chi connectivity index (χ0) is 23.9. The van der Waals surface area contributed by atoms with Crippen LogP contribution in [-0.4, -0.2) is 41.5 Å². The number of halogens is 2. The van der Waals surface area contributed by atoms with Gasteiger partial charge in [0.15, 0.2) is 5.60 Å². The van der Waals surface area contributed by atoms with Crippen molar-refractivity contribution in [2.24, 2.45) is 23.7 Å². The molecule has 34 heavy (non-hydrogen) atoms. The number of fused-ring (bicyclic) bond motifs is 1. The van der Waals surface area contributed by atoms with Crippen LogP contribution in [0.1, 0.15) is 36.8 Å². The van der Waals surface area contributed by atoms with Gasteiger partial charge in [-0.25, -0.2) is 8.78 Å². The maximum absolute atomic E-state index is 13.4. The second-order valence-corrected chi connectivity index (χ2v) is 10.1. The van der Waals surface area contributed by atoms with Crippen molar-refractivity contribution in [3.8, 4) is 0 Å². The summed E-state index contributed by atoms with van der Waals surface area (Å²) in [5.41, 5.74) is -0.552. The fourth-order valence-corrected chi connectivity index (χ4v) is 6.09. The summed E-state index contributed by atoms with van der Waals surface area (Å²) in [5, 5.41) is 14.6. The fourth-order valence-electron chi connectivity index (χ4n) is 6.09. The van der Waals surface area contributed by atoms with Gasteiger partial charge in [-0.15, -0.1) is 0 Å². The first-order valence-corrected chi connectivity index (χ1v) is 12.1. The van der Waals surface area contributed by atoms with E-state index in [9.17, 15) is 23.5 Å². The summed E-state index contributed by atoms with van der Waals surface area (Å²) in [6.07, 6.45) is 3.68. The number of carbonyl (C=O) groups is 2. The smallest absolute Gasteiger partial charge is 0.256 e. The van der Waals surface area contributed by atoms with Gasteiger partial charge in [-0.2, -0.15) is 0 Å². The number of rotatable bonds is 7. The van der Waals surface area contributed by atoms with E-state index >= 15 is 0 Å². The number of hydrogen-bond donors (Lipinski definition) is 2. The standard InChI is InChI=1S/C27H30F2N2O3/c28-20-10-17(11-21(29)13-20)12-25(32)31-15-23-22(24(23)16-31)14-30-26(33)27(34,19-8-4-5-9-19)18-6-2-1-3-7-18/h1-3,6-7,10-11,13,19,22-24,34H,4-5,8-9,12,14-16H2,(H,30,33)/t22-,23-,24?,27?/m1/s1. The Morgan fingerprint density at radius 2 is 1.62 bits per heavy atom. The highest BCUT2D eigenvalue weighted by molar-refractivity contribution is 5.87. The third kappa shape index (κ3) is 4.33. The first-order chi connectivity index (χ1) is 16.4. The van der Waals surface area contributed by atoms with Gasteiger partial charge in [-0.05, 0) is 53.9 Å². The molecule has 7 heteroatoms. The van der Waals surface area contributed by atoms with Crippen LogP contribution < -0.4 is 5.32 Å². The van der Waals surface area contributed by atoms with Crippen LogP contribution >= 0.6 is 0 Å². The molecule has 2 N–H and O–H groups in total. The molecule has 2 aromatic carbocycles. The van der Waals surface area contributed by atoms with Crippen molar-refractivity contribution in [1.82, 2.24) is 10.2 Å². The molecule has 0 aromatic heterocycles. The van der Waals surface area contributed by atoms with E-state index in [1.807, 2.05) is 30.3 Å². The van der Waals surface area contributed by atoms with E-state index in [4.69, 9.17) is 0 Å². The molecule has 1 heterocycles.